The number of benzene rings is 1. The molecule has 1 N–H and O–H groups in total. The standard InChI is InChI=1S/C20H29FN2O2/c1-15(24)17-6-4-10-23(14-17)20(25)18-7-3-9-22(13-18)12-16-5-2-8-19(21)11-16/h2,5,8,11,15,17-18,24H,3-4,6-7,9-10,12-14H2,1H3. The molecule has 2 heterocycles. The van der Waals surface area contributed by atoms with E-state index >= 15 is 0 Å². The van der Waals surface area contributed by atoms with Gasteiger partial charge in [-0.2, -0.15) is 0 Å². The third-order valence-electron chi connectivity index (χ3n) is 5.60. The van der Waals surface area contributed by atoms with Crippen molar-refractivity contribution < 1.29 is 14.3 Å². The Morgan fingerprint density at radius 1 is 1.28 bits per heavy atom. The van der Waals surface area contributed by atoms with E-state index in [-0.39, 0.29) is 29.7 Å². The molecular weight excluding hydrogens is 319 g/mol. The summed E-state index contributed by atoms with van der Waals surface area (Å²) in [7, 11) is 0. The zero-order chi connectivity index (χ0) is 17.8. The van der Waals surface area contributed by atoms with Gasteiger partial charge in [-0.15, -0.1) is 0 Å². The first-order chi connectivity index (χ1) is 12.0. The van der Waals surface area contributed by atoms with E-state index in [9.17, 15) is 14.3 Å². The number of likely N-dealkylation sites (tertiary alicyclic amines) is 2. The van der Waals surface area contributed by atoms with E-state index in [1.807, 2.05) is 17.9 Å². The van der Waals surface area contributed by atoms with Crippen LogP contribution in [0.15, 0.2) is 24.3 Å². The van der Waals surface area contributed by atoms with Crippen molar-refractivity contribution in [1.82, 2.24) is 9.80 Å². The van der Waals surface area contributed by atoms with Crippen LogP contribution in [0.3, 0.4) is 0 Å². The van der Waals surface area contributed by atoms with Crippen LogP contribution in [-0.4, -0.2) is 53.1 Å². The summed E-state index contributed by atoms with van der Waals surface area (Å²) >= 11 is 0. The summed E-state index contributed by atoms with van der Waals surface area (Å²) in [6, 6.07) is 6.71. The molecule has 25 heavy (non-hydrogen) atoms. The second-order valence-electron chi connectivity index (χ2n) is 7.63. The van der Waals surface area contributed by atoms with Gasteiger partial charge >= 0.3 is 0 Å². The Kier molecular flexibility index (Phi) is 6.07. The number of hydrogen-bond donors (Lipinski definition) is 1. The van der Waals surface area contributed by atoms with Crippen molar-refractivity contribution in [3.05, 3.63) is 35.6 Å². The van der Waals surface area contributed by atoms with Gasteiger partial charge in [0.1, 0.15) is 5.82 Å². The minimum atomic E-state index is -0.355. The van der Waals surface area contributed by atoms with Crippen molar-refractivity contribution in [2.24, 2.45) is 11.8 Å². The van der Waals surface area contributed by atoms with Gasteiger partial charge in [0.25, 0.3) is 0 Å². The predicted molar refractivity (Wildman–Crippen MR) is 95.4 cm³/mol. The van der Waals surface area contributed by atoms with Crippen LogP contribution in [0.1, 0.15) is 38.2 Å². The van der Waals surface area contributed by atoms with Crippen molar-refractivity contribution in [1.29, 1.82) is 0 Å². The maximum atomic E-state index is 13.4. The van der Waals surface area contributed by atoms with Gasteiger partial charge in [-0.05, 0) is 56.8 Å². The smallest absolute Gasteiger partial charge is 0.226 e. The number of halogens is 1. The highest BCUT2D eigenvalue weighted by molar-refractivity contribution is 5.79. The first-order valence-corrected chi connectivity index (χ1v) is 9.46. The van der Waals surface area contributed by atoms with E-state index in [0.717, 1.165) is 50.9 Å². The van der Waals surface area contributed by atoms with E-state index in [4.69, 9.17) is 0 Å². The molecule has 0 aromatic heterocycles. The Morgan fingerprint density at radius 2 is 2.08 bits per heavy atom. The molecule has 4 nitrogen and oxygen atoms in total. The molecule has 0 bridgehead atoms. The molecule has 3 rings (SSSR count). The summed E-state index contributed by atoms with van der Waals surface area (Å²) < 4.78 is 13.4. The molecule has 1 aromatic carbocycles. The normalized spacial score (nSPS) is 26.4. The number of rotatable bonds is 4. The van der Waals surface area contributed by atoms with Crippen LogP contribution < -0.4 is 0 Å². The molecule has 2 aliphatic rings. The monoisotopic (exact) mass is 348 g/mol. The number of aliphatic hydroxyl groups is 1. The number of aliphatic hydroxyl groups excluding tert-OH is 1. The SMILES string of the molecule is CC(O)C1CCCN(C(=O)C2CCCN(Cc3cccc(F)c3)C2)C1. The van der Waals surface area contributed by atoms with Crippen LogP contribution in [0.25, 0.3) is 0 Å². The average molecular weight is 348 g/mol. The molecular formula is C20H29FN2O2. The fourth-order valence-electron chi connectivity index (χ4n) is 4.16. The first-order valence-electron chi connectivity index (χ1n) is 9.46. The molecule has 0 radical (unpaired) electrons. The zero-order valence-corrected chi connectivity index (χ0v) is 15.0. The van der Waals surface area contributed by atoms with Gasteiger partial charge in [0, 0.05) is 32.1 Å². The molecule has 2 saturated heterocycles. The van der Waals surface area contributed by atoms with Crippen LogP contribution in [-0.2, 0) is 11.3 Å². The molecule has 1 aromatic rings. The third-order valence-corrected chi connectivity index (χ3v) is 5.60. The van der Waals surface area contributed by atoms with Crippen LogP contribution >= 0.6 is 0 Å². The zero-order valence-electron chi connectivity index (χ0n) is 15.0. The van der Waals surface area contributed by atoms with Crippen molar-refractivity contribution in [3.63, 3.8) is 0 Å². The molecule has 1 amide bonds. The van der Waals surface area contributed by atoms with E-state index in [1.165, 1.54) is 6.07 Å². The maximum absolute atomic E-state index is 13.4. The molecule has 2 aliphatic heterocycles. The second-order valence-corrected chi connectivity index (χ2v) is 7.63. The highest BCUT2D eigenvalue weighted by Crippen LogP contribution is 2.25. The molecule has 0 aliphatic carbocycles. The second kappa shape index (κ2) is 8.28. The Morgan fingerprint density at radius 3 is 2.84 bits per heavy atom. The fraction of sp³-hybridized carbons (Fsp3) is 0.650. The lowest BCUT2D eigenvalue weighted by atomic mass is 9.90. The minimum Gasteiger partial charge on any atom is -0.393 e. The van der Waals surface area contributed by atoms with E-state index in [2.05, 4.69) is 4.90 Å². The predicted octanol–water partition coefficient (Wildman–Crippen LogP) is 2.66. The van der Waals surface area contributed by atoms with Crippen LogP contribution in [0.2, 0.25) is 0 Å². The Labute approximate surface area is 149 Å². The highest BCUT2D eigenvalue weighted by Gasteiger charge is 2.32. The number of carbonyl (C=O) groups is 1. The summed E-state index contributed by atoms with van der Waals surface area (Å²) in [5.41, 5.74) is 0.959. The van der Waals surface area contributed by atoms with Gasteiger partial charge in [-0.25, -0.2) is 4.39 Å². The molecule has 5 heteroatoms. The highest BCUT2D eigenvalue weighted by atomic mass is 19.1. The lowest BCUT2D eigenvalue weighted by molar-refractivity contribution is -0.140. The fourth-order valence-corrected chi connectivity index (χ4v) is 4.16. The Bertz CT molecular complexity index is 593. The molecule has 2 fully saturated rings. The lowest BCUT2D eigenvalue weighted by Crippen LogP contribution is -2.49. The largest absolute Gasteiger partial charge is 0.393 e. The van der Waals surface area contributed by atoms with Crippen molar-refractivity contribution in [2.75, 3.05) is 26.2 Å². The first kappa shape index (κ1) is 18.3. The summed E-state index contributed by atoms with van der Waals surface area (Å²) in [6.45, 7) is 5.69. The van der Waals surface area contributed by atoms with Crippen LogP contribution in [0.4, 0.5) is 4.39 Å². The van der Waals surface area contributed by atoms with Crippen LogP contribution in [0.5, 0.6) is 0 Å². The van der Waals surface area contributed by atoms with Gasteiger partial charge in [0.15, 0.2) is 0 Å². The quantitative estimate of drug-likeness (QED) is 0.910. The van der Waals surface area contributed by atoms with Crippen molar-refractivity contribution >= 4 is 5.91 Å². The van der Waals surface area contributed by atoms with Gasteiger partial charge in [0.2, 0.25) is 5.91 Å². The average Bonchev–Trinajstić information content (AvgIpc) is 2.61. The topological polar surface area (TPSA) is 43.8 Å². The molecule has 0 spiro atoms. The van der Waals surface area contributed by atoms with Gasteiger partial charge in [-0.3, -0.25) is 9.69 Å². The molecule has 0 saturated carbocycles. The molecule has 3 unspecified atom stereocenters. The van der Waals surface area contributed by atoms with Gasteiger partial charge < -0.3 is 10.0 Å². The number of carbonyl (C=O) groups excluding carboxylic acids is 1. The number of amides is 1. The summed E-state index contributed by atoms with van der Waals surface area (Å²) in [4.78, 5) is 17.1. The van der Waals surface area contributed by atoms with E-state index in [1.54, 1.807) is 12.1 Å². The van der Waals surface area contributed by atoms with Crippen LogP contribution in [0, 0.1) is 17.7 Å². The minimum absolute atomic E-state index is 0.0232. The van der Waals surface area contributed by atoms with Gasteiger partial charge in [0.05, 0.1) is 12.0 Å². The Balaban J connectivity index is 1.58. The number of piperidine rings is 2. The van der Waals surface area contributed by atoms with E-state index in [0.29, 0.717) is 13.1 Å². The molecule has 3 atom stereocenters. The van der Waals surface area contributed by atoms with E-state index < -0.39 is 0 Å². The third kappa shape index (κ3) is 4.79. The summed E-state index contributed by atoms with van der Waals surface area (Å²) in [6.07, 6.45) is 3.54. The lowest BCUT2D eigenvalue weighted by Gasteiger charge is -2.39. The maximum Gasteiger partial charge on any atom is 0.226 e. The number of nitrogens with zero attached hydrogens (tertiary/aromatic N) is 2. The van der Waals surface area contributed by atoms with Crippen molar-refractivity contribution in [2.45, 2.75) is 45.3 Å². The van der Waals surface area contributed by atoms with Gasteiger partial charge in [-0.1, -0.05) is 12.1 Å². The van der Waals surface area contributed by atoms with Crippen molar-refractivity contribution in [3.8, 4) is 0 Å². The molecule has 138 valence electrons. The summed E-state index contributed by atoms with van der Waals surface area (Å²) in [5.74, 6) is 0.244. The summed E-state index contributed by atoms with van der Waals surface area (Å²) in [5, 5.41) is 9.84. The Hall–Kier alpha value is -1.46. The number of hydrogen-bond acceptors (Lipinski definition) is 3.